The summed E-state index contributed by atoms with van der Waals surface area (Å²) in [6.45, 7) is 1.72. The Balaban J connectivity index is 2.54. The fourth-order valence-corrected chi connectivity index (χ4v) is 2.06. The van der Waals surface area contributed by atoms with Gasteiger partial charge in [-0.25, -0.2) is 0 Å². The van der Waals surface area contributed by atoms with E-state index < -0.39 is 6.10 Å². The first-order valence-electron chi connectivity index (χ1n) is 5.39. The molecule has 2 aromatic rings. The number of benzene rings is 2. The second-order valence-electron chi connectivity index (χ2n) is 3.79. The van der Waals surface area contributed by atoms with Crippen LogP contribution < -0.4 is 4.74 Å². The molecule has 0 aliphatic rings. The van der Waals surface area contributed by atoms with Crippen LogP contribution in [-0.4, -0.2) is 6.10 Å². The van der Waals surface area contributed by atoms with E-state index in [4.69, 9.17) is 21.6 Å². The Hall–Kier alpha value is -1.72. The van der Waals surface area contributed by atoms with Gasteiger partial charge < -0.3 is 4.74 Å². The van der Waals surface area contributed by atoms with Gasteiger partial charge in [-0.15, -0.1) is 11.6 Å². The SMILES string of the molecule is CC(C#N)Oc1ccc2ccccc2c1CCl. The summed E-state index contributed by atoms with van der Waals surface area (Å²) < 4.78 is 5.55. The average Bonchev–Trinajstić information content (AvgIpc) is 2.38. The van der Waals surface area contributed by atoms with E-state index in [1.807, 2.05) is 42.5 Å². The largest absolute Gasteiger partial charge is 0.476 e. The molecule has 0 N–H and O–H groups in total. The Labute approximate surface area is 105 Å². The van der Waals surface area contributed by atoms with E-state index in [1.54, 1.807) is 6.92 Å². The fourth-order valence-electron chi connectivity index (χ4n) is 1.78. The number of hydrogen-bond donors (Lipinski definition) is 0. The summed E-state index contributed by atoms with van der Waals surface area (Å²) in [6.07, 6.45) is -0.474. The molecule has 0 aromatic heterocycles. The highest BCUT2D eigenvalue weighted by molar-refractivity contribution is 6.18. The van der Waals surface area contributed by atoms with Gasteiger partial charge in [-0.3, -0.25) is 0 Å². The lowest BCUT2D eigenvalue weighted by molar-refractivity contribution is 0.275. The first-order chi connectivity index (χ1) is 8.26. The molecule has 0 heterocycles. The van der Waals surface area contributed by atoms with Crippen molar-refractivity contribution in [1.82, 2.24) is 0 Å². The first kappa shape index (κ1) is 11.8. The van der Waals surface area contributed by atoms with Gasteiger partial charge in [0.15, 0.2) is 6.10 Å². The third kappa shape index (κ3) is 2.35. The van der Waals surface area contributed by atoms with E-state index in [0.29, 0.717) is 11.6 Å². The van der Waals surface area contributed by atoms with Crippen LogP contribution in [0, 0.1) is 11.3 Å². The monoisotopic (exact) mass is 245 g/mol. The Kier molecular flexibility index (Phi) is 3.51. The molecule has 0 aliphatic carbocycles. The molecule has 2 rings (SSSR count). The van der Waals surface area contributed by atoms with E-state index in [1.165, 1.54) is 0 Å². The van der Waals surface area contributed by atoms with E-state index in [2.05, 4.69) is 0 Å². The second-order valence-corrected chi connectivity index (χ2v) is 4.05. The minimum Gasteiger partial charge on any atom is -0.476 e. The molecule has 0 radical (unpaired) electrons. The van der Waals surface area contributed by atoms with Crippen LogP contribution >= 0.6 is 11.6 Å². The van der Waals surface area contributed by atoms with Crippen molar-refractivity contribution in [1.29, 1.82) is 5.26 Å². The van der Waals surface area contributed by atoms with Gasteiger partial charge in [0.1, 0.15) is 11.8 Å². The summed E-state index contributed by atoms with van der Waals surface area (Å²) in [5.74, 6) is 1.06. The molecule has 0 fully saturated rings. The number of alkyl halides is 1. The summed E-state index contributed by atoms with van der Waals surface area (Å²) in [5, 5.41) is 11.0. The molecule has 0 saturated heterocycles. The normalized spacial score (nSPS) is 12.1. The van der Waals surface area contributed by atoms with Crippen molar-refractivity contribution < 1.29 is 4.74 Å². The molecule has 17 heavy (non-hydrogen) atoms. The molecule has 0 spiro atoms. The fraction of sp³-hybridized carbons (Fsp3) is 0.214. The Morgan fingerprint density at radius 1 is 1.29 bits per heavy atom. The number of nitrogens with zero attached hydrogens (tertiary/aromatic N) is 1. The van der Waals surface area contributed by atoms with Crippen LogP contribution in [0.2, 0.25) is 0 Å². The van der Waals surface area contributed by atoms with Gasteiger partial charge in [0.05, 0.1) is 5.88 Å². The number of nitriles is 1. The lowest BCUT2D eigenvalue weighted by atomic mass is 10.0. The Morgan fingerprint density at radius 2 is 2.06 bits per heavy atom. The van der Waals surface area contributed by atoms with Gasteiger partial charge in [-0.05, 0) is 23.8 Å². The lowest BCUT2D eigenvalue weighted by Gasteiger charge is -2.13. The highest BCUT2D eigenvalue weighted by Crippen LogP contribution is 2.30. The number of ether oxygens (including phenoxy) is 1. The van der Waals surface area contributed by atoms with Crippen molar-refractivity contribution in [2.75, 3.05) is 0 Å². The second kappa shape index (κ2) is 5.07. The van der Waals surface area contributed by atoms with Crippen LogP contribution in [0.15, 0.2) is 36.4 Å². The lowest BCUT2D eigenvalue weighted by Crippen LogP contribution is -2.09. The predicted octanol–water partition coefficient (Wildman–Crippen LogP) is 3.87. The number of halogens is 1. The van der Waals surface area contributed by atoms with Crippen molar-refractivity contribution in [3.63, 3.8) is 0 Å². The van der Waals surface area contributed by atoms with Crippen LogP contribution in [0.25, 0.3) is 10.8 Å². The zero-order chi connectivity index (χ0) is 12.3. The molecule has 1 unspecified atom stereocenters. The minimum atomic E-state index is -0.474. The van der Waals surface area contributed by atoms with Gasteiger partial charge in [0.25, 0.3) is 0 Å². The zero-order valence-corrected chi connectivity index (χ0v) is 10.2. The van der Waals surface area contributed by atoms with Crippen LogP contribution in [0.5, 0.6) is 5.75 Å². The topological polar surface area (TPSA) is 33.0 Å². The molecule has 0 aliphatic heterocycles. The molecular weight excluding hydrogens is 234 g/mol. The molecule has 0 saturated carbocycles. The molecule has 1 atom stereocenters. The third-order valence-corrected chi connectivity index (χ3v) is 2.88. The molecule has 0 bridgehead atoms. The van der Waals surface area contributed by atoms with Crippen LogP contribution in [-0.2, 0) is 5.88 Å². The van der Waals surface area contributed by atoms with Gasteiger partial charge in [0, 0.05) is 5.56 Å². The van der Waals surface area contributed by atoms with E-state index in [-0.39, 0.29) is 0 Å². The van der Waals surface area contributed by atoms with Crippen LogP contribution in [0.1, 0.15) is 12.5 Å². The average molecular weight is 246 g/mol. The van der Waals surface area contributed by atoms with Crippen LogP contribution in [0.3, 0.4) is 0 Å². The van der Waals surface area contributed by atoms with Gasteiger partial charge in [0.2, 0.25) is 0 Å². The van der Waals surface area contributed by atoms with E-state index >= 15 is 0 Å². The van der Waals surface area contributed by atoms with Crippen molar-refractivity contribution >= 4 is 22.4 Å². The molecule has 3 heteroatoms. The summed E-state index contributed by atoms with van der Waals surface area (Å²) >= 11 is 5.97. The maximum absolute atomic E-state index is 8.76. The zero-order valence-electron chi connectivity index (χ0n) is 9.48. The summed E-state index contributed by atoms with van der Waals surface area (Å²) in [4.78, 5) is 0. The van der Waals surface area contributed by atoms with Crippen molar-refractivity contribution in [3.8, 4) is 11.8 Å². The number of fused-ring (bicyclic) bond motifs is 1. The highest BCUT2D eigenvalue weighted by Gasteiger charge is 2.10. The third-order valence-electron chi connectivity index (χ3n) is 2.62. The molecule has 0 amide bonds. The number of hydrogen-bond acceptors (Lipinski definition) is 2. The minimum absolute atomic E-state index is 0.370. The molecule has 86 valence electrons. The maximum atomic E-state index is 8.76. The van der Waals surface area contributed by atoms with E-state index in [0.717, 1.165) is 16.3 Å². The quantitative estimate of drug-likeness (QED) is 0.769. The Bertz CT molecular complexity index is 574. The molecule has 2 aromatic carbocycles. The standard InChI is InChI=1S/C14H12ClNO/c1-10(9-16)17-14-7-6-11-4-2-3-5-12(11)13(14)8-15/h2-7,10H,8H2,1H3. The highest BCUT2D eigenvalue weighted by atomic mass is 35.5. The Morgan fingerprint density at radius 3 is 2.76 bits per heavy atom. The van der Waals surface area contributed by atoms with Gasteiger partial charge in [-0.2, -0.15) is 5.26 Å². The van der Waals surface area contributed by atoms with Crippen molar-refractivity contribution in [2.45, 2.75) is 18.9 Å². The predicted molar refractivity (Wildman–Crippen MR) is 69.2 cm³/mol. The first-order valence-corrected chi connectivity index (χ1v) is 5.92. The van der Waals surface area contributed by atoms with Crippen LogP contribution in [0.4, 0.5) is 0 Å². The van der Waals surface area contributed by atoms with Gasteiger partial charge >= 0.3 is 0 Å². The van der Waals surface area contributed by atoms with Gasteiger partial charge in [-0.1, -0.05) is 30.3 Å². The summed E-state index contributed by atoms with van der Waals surface area (Å²) in [6, 6.07) is 13.9. The van der Waals surface area contributed by atoms with Crippen molar-refractivity contribution in [2.24, 2.45) is 0 Å². The molecule has 2 nitrogen and oxygen atoms in total. The summed E-state index contributed by atoms with van der Waals surface area (Å²) in [7, 11) is 0. The maximum Gasteiger partial charge on any atom is 0.181 e. The van der Waals surface area contributed by atoms with Crippen molar-refractivity contribution in [3.05, 3.63) is 42.0 Å². The molecular formula is C14H12ClNO. The smallest absolute Gasteiger partial charge is 0.181 e. The summed E-state index contributed by atoms with van der Waals surface area (Å²) in [5.41, 5.74) is 0.937. The van der Waals surface area contributed by atoms with E-state index in [9.17, 15) is 0 Å². The number of rotatable bonds is 3.